The van der Waals surface area contributed by atoms with Gasteiger partial charge < -0.3 is 33.2 Å². The number of unbranched alkanes of at least 4 members (excludes halogenated alkanes) is 12. The molecule has 0 fully saturated rings. The molecule has 0 aliphatic heterocycles. The summed E-state index contributed by atoms with van der Waals surface area (Å²) < 4.78 is 42.7. The van der Waals surface area contributed by atoms with Gasteiger partial charge >= 0.3 is 0 Å². The molecule has 0 aliphatic rings. The number of allylic oxidation sites excluding steroid dienone is 2. The van der Waals surface area contributed by atoms with Gasteiger partial charge in [-0.3, -0.25) is 0 Å². The Balaban J connectivity index is 4.79. The van der Waals surface area contributed by atoms with Crippen LogP contribution in [0.2, 0.25) is 0 Å². The van der Waals surface area contributed by atoms with E-state index in [-0.39, 0.29) is 12.6 Å². The molecule has 2 atom stereocenters. The lowest BCUT2D eigenvalue weighted by molar-refractivity contribution is -0.207. The molecular weight excluding hydrogens is 616 g/mol. The zero-order valence-electron chi connectivity index (χ0n) is 33.3. The molecule has 0 spiro atoms. The van der Waals surface area contributed by atoms with Crippen LogP contribution in [0.1, 0.15) is 183 Å². The number of ether oxygens (including phenoxy) is 7. The predicted molar refractivity (Wildman–Crippen MR) is 206 cm³/mol. The van der Waals surface area contributed by atoms with Gasteiger partial charge in [-0.2, -0.15) is 0 Å². The Labute approximate surface area is 304 Å². The molecule has 7 nitrogen and oxygen atoms in total. The molecule has 0 amide bonds. The largest absolute Gasteiger partial charge is 0.353 e. The van der Waals surface area contributed by atoms with E-state index >= 15 is 0 Å². The van der Waals surface area contributed by atoms with Crippen molar-refractivity contribution in [2.75, 3.05) is 39.6 Å². The first-order chi connectivity index (χ1) is 24.1. The first kappa shape index (κ1) is 48.2. The van der Waals surface area contributed by atoms with Crippen molar-refractivity contribution in [1.82, 2.24) is 0 Å². The second-order valence-corrected chi connectivity index (χ2v) is 13.2. The molecule has 0 aromatic carbocycles. The third kappa shape index (κ3) is 34.1. The molecule has 0 aromatic rings. The maximum Gasteiger partial charge on any atom is 0.180 e. The van der Waals surface area contributed by atoms with Crippen LogP contribution in [0.5, 0.6) is 0 Å². The molecule has 0 saturated carbocycles. The number of rotatable bonds is 40. The lowest BCUT2D eigenvalue weighted by Crippen LogP contribution is -2.25. The van der Waals surface area contributed by atoms with E-state index < -0.39 is 12.6 Å². The van der Waals surface area contributed by atoms with Crippen molar-refractivity contribution in [2.45, 2.75) is 208 Å². The van der Waals surface area contributed by atoms with Crippen molar-refractivity contribution in [3.63, 3.8) is 0 Å². The Morgan fingerprint density at radius 2 is 0.694 bits per heavy atom. The van der Waals surface area contributed by atoms with E-state index in [0.29, 0.717) is 13.2 Å². The summed E-state index contributed by atoms with van der Waals surface area (Å²) in [6, 6.07) is 0. The minimum atomic E-state index is -0.432. The van der Waals surface area contributed by atoms with Gasteiger partial charge in [0.25, 0.3) is 0 Å². The highest BCUT2D eigenvalue weighted by Gasteiger charge is 2.14. The van der Waals surface area contributed by atoms with Gasteiger partial charge in [0.05, 0.1) is 0 Å². The fraction of sp³-hybridized carbons (Fsp3) is 0.905. The van der Waals surface area contributed by atoms with E-state index in [9.17, 15) is 0 Å². The lowest BCUT2D eigenvalue weighted by atomic mass is 10.1. The fourth-order valence-corrected chi connectivity index (χ4v) is 5.14. The zero-order valence-corrected chi connectivity index (χ0v) is 33.3. The average molecular weight is 699 g/mol. The van der Waals surface area contributed by atoms with Gasteiger partial charge in [-0.05, 0) is 102 Å². The van der Waals surface area contributed by atoms with E-state index in [0.717, 1.165) is 116 Å². The summed E-state index contributed by atoms with van der Waals surface area (Å²) >= 11 is 0. The standard InChI is InChI=1S/C42H82O7/c1-7-13-25-35-45-39(46-36-26-14-8-2)29-21-17-19-23-31-41(43-33-11-5)49-42(44-34-12-6)32-24-20-18-22-30-40(47-37-27-15-9-3)48-38-28-16-10-4/h23-24,31-32,39-42H,7-22,25-30,33-38H2,1-6H3. The first-order valence-corrected chi connectivity index (χ1v) is 20.8. The maximum absolute atomic E-state index is 6.30. The summed E-state index contributed by atoms with van der Waals surface area (Å²) in [5.41, 5.74) is 0. The van der Waals surface area contributed by atoms with Crippen molar-refractivity contribution in [2.24, 2.45) is 0 Å². The zero-order chi connectivity index (χ0) is 35.9. The third-order valence-electron chi connectivity index (χ3n) is 8.15. The molecule has 0 aromatic heterocycles. The molecular formula is C42H82O7. The summed E-state index contributed by atoms with van der Waals surface area (Å²) in [5, 5.41) is 0. The molecule has 292 valence electrons. The van der Waals surface area contributed by atoms with Gasteiger partial charge in [0.15, 0.2) is 25.2 Å². The van der Waals surface area contributed by atoms with Gasteiger partial charge in [-0.15, -0.1) is 0 Å². The highest BCUT2D eigenvalue weighted by molar-refractivity contribution is 4.89. The van der Waals surface area contributed by atoms with Crippen LogP contribution in [0.3, 0.4) is 0 Å². The van der Waals surface area contributed by atoms with Crippen LogP contribution >= 0.6 is 0 Å². The minimum Gasteiger partial charge on any atom is -0.353 e. The fourth-order valence-electron chi connectivity index (χ4n) is 5.14. The molecule has 0 N–H and O–H groups in total. The van der Waals surface area contributed by atoms with Crippen molar-refractivity contribution in [3.05, 3.63) is 24.3 Å². The molecule has 7 heteroatoms. The van der Waals surface area contributed by atoms with Crippen LogP contribution in [-0.4, -0.2) is 64.8 Å². The molecule has 49 heavy (non-hydrogen) atoms. The highest BCUT2D eigenvalue weighted by Crippen LogP contribution is 2.15. The number of hydrogen-bond donors (Lipinski definition) is 0. The Kier molecular flexibility index (Phi) is 39.3. The van der Waals surface area contributed by atoms with Crippen LogP contribution < -0.4 is 0 Å². The van der Waals surface area contributed by atoms with E-state index in [1.54, 1.807) is 0 Å². The van der Waals surface area contributed by atoms with Gasteiger partial charge in [0.2, 0.25) is 0 Å². The van der Waals surface area contributed by atoms with Crippen LogP contribution in [0.25, 0.3) is 0 Å². The van der Waals surface area contributed by atoms with E-state index in [2.05, 4.69) is 53.7 Å². The summed E-state index contributed by atoms with van der Waals surface area (Å²) in [6.45, 7) is 17.6. The van der Waals surface area contributed by atoms with E-state index in [1.807, 2.05) is 12.2 Å². The van der Waals surface area contributed by atoms with E-state index in [1.165, 1.54) is 51.4 Å². The Morgan fingerprint density at radius 1 is 0.347 bits per heavy atom. The third-order valence-corrected chi connectivity index (χ3v) is 8.15. The van der Waals surface area contributed by atoms with Gasteiger partial charge in [0.1, 0.15) is 0 Å². The Bertz CT molecular complexity index is 606. The summed E-state index contributed by atoms with van der Waals surface area (Å²) in [6.07, 6.45) is 31.5. The Hall–Kier alpha value is -0.800. The van der Waals surface area contributed by atoms with Gasteiger partial charge in [-0.1, -0.05) is 105 Å². The normalized spacial score (nSPS) is 13.6. The smallest absolute Gasteiger partial charge is 0.180 e. The van der Waals surface area contributed by atoms with Crippen molar-refractivity contribution in [1.29, 1.82) is 0 Å². The monoisotopic (exact) mass is 699 g/mol. The molecule has 0 saturated heterocycles. The molecule has 0 radical (unpaired) electrons. The average Bonchev–Trinajstić information content (AvgIpc) is 3.11. The van der Waals surface area contributed by atoms with Crippen molar-refractivity contribution >= 4 is 0 Å². The highest BCUT2D eigenvalue weighted by atomic mass is 16.8. The van der Waals surface area contributed by atoms with Crippen LogP contribution in [0.4, 0.5) is 0 Å². The van der Waals surface area contributed by atoms with Gasteiger partial charge in [0, 0.05) is 39.6 Å². The summed E-state index contributed by atoms with van der Waals surface area (Å²) in [5.74, 6) is 0. The molecule has 2 unspecified atom stereocenters. The molecule has 0 bridgehead atoms. The van der Waals surface area contributed by atoms with Crippen LogP contribution in [-0.2, 0) is 33.2 Å². The Morgan fingerprint density at radius 3 is 1.00 bits per heavy atom. The molecule has 0 aliphatic carbocycles. The van der Waals surface area contributed by atoms with Crippen LogP contribution in [0, 0.1) is 0 Å². The minimum absolute atomic E-state index is 0.0842. The SMILES string of the molecule is CCCCCOC(CCCCC=CC(OCCC)OC(C=CCCCCC(OCCCCC)OCCCCC)OCCC)OCCCCC. The van der Waals surface area contributed by atoms with E-state index in [4.69, 9.17) is 33.2 Å². The molecule has 0 heterocycles. The maximum atomic E-state index is 6.30. The van der Waals surface area contributed by atoms with Crippen molar-refractivity contribution < 1.29 is 33.2 Å². The van der Waals surface area contributed by atoms with Gasteiger partial charge in [-0.25, -0.2) is 0 Å². The van der Waals surface area contributed by atoms with Crippen molar-refractivity contribution in [3.8, 4) is 0 Å². The number of hydrogen-bond acceptors (Lipinski definition) is 7. The second kappa shape index (κ2) is 40.0. The predicted octanol–water partition coefficient (Wildman–Crippen LogP) is 12.2. The van der Waals surface area contributed by atoms with Crippen LogP contribution in [0.15, 0.2) is 24.3 Å². The quantitative estimate of drug-likeness (QED) is 0.0358. The topological polar surface area (TPSA) is 64.6 Å². The molecule has 0 rings (SSSR count). The summed E-state index contributed by atoms with van der Waals surface area (Å²) in [7, 11) is 0. The second-order valence-electron chi connectivity index (χ2n) is 13.2. The summed E-state index contributed by atoms with van der Waals surface area (Å²) in [4.78, 5) is 0. The lowest BCUT2D eigenvalue weighted by Gasteiger charge is -2.21. The first-order valence-electron chi connectivity index (χ1n) is 20.8.